The Hall–Kier alpha value is -1.95. The summed E-state index contributed by atoms with van der Waals surface area (Å²) in [5.41, 5.74) is 0.578. The second kappa shape index (κ2) is 5.81. The molecule has 0 amide bonds. The molecule has 0 heterocycles. The molecule has 1 saturated carbocycles. The molecule has 1 aliphatic carbocycles. The number of nitro benzene ring substituents is 1. The van der Waals surface area contributed by atoms with Crippen molar-refractivity contribution in [3.63, 3.8) is 0 Å². The SMILES string of the molecule is CCOC1CC(Nc2ccc(C=O)cc2[N+](=O)[O-])C1(C)C. The highest BCUT2D eigenvalue weighted by atomic mass is 16.6. The first-order chi connectivity index (χ1) is 9.90. The quantitative estimate of drug-likeness (QED) is 0.495. The van der Waals surface area contributed by atoms with Gasteiger partial charge in [-0.25, -0.2) is 0 Å². The summed E-state index contributed by atoms with van der Waals surface area (Å²) in [5, 5.41) is 14.4. The number of aldehydes is 1. The van der Waals surface area contributed by atoms with E-state index in [-0.39, 0.29) is 23.2 Å². The van der Waals surface area contributed by atoms with Crippen molar-refractivity contribution < 1.29 is 14.5 Å². The van der Waals surface area contributed by atoms with E-state index in [9.17, 15) is 14.9 Å². The maximum atomic E-state index is 11.1. The van der Waals surface area contributed by atoms with Gasteiger partial charge in [0, 0.05) is 29.7 Å². The highest BCUT2D eigenvalue weighted by molar-refractivity contribution is 5.79. The fourth-order valence-electron chi connectivity index (χ4n) is 2.70. The molecule has 2 rings (SSSR count). The third kappa shape index (κ3) is 2.90. The van der Waals surface area contributed by atoms with Crippen molar-refractivity contribution >= 4 is 17.7 Å². The number of benzene rings is 1. The van der Waals surface area contributed by atoms with E-state index < -0.39 is 4.92 Å². The first-order valence-electron chi connectivity index (χ1n) is 7.02. The fraction of sp³-hybridized carbons (Fsp3) is 0.533. The molecule has 21 heavy (non-hydrogen) atoms. The average Bonchev–Trinajstić information content (AvgIpc) is 2.46. The van der Waals surface area contributed by atoms with Gasteiger partial charge in [-0.15, -0.1) is 0 Å². The maximum absolute atomic E-state index is 11.1. The maximum Gasteiger partial charge on any atom is 0.293 e. The van der Waals surface area contributed by atoms with Crippen LogP contribution in [0.25, 0.3) is 0 Å². The molecule has 6 nitrogen and oxygen atoms in total. The molecule has 0 bridgehead atoms. The van der Waals surface area contributed by atoms with Crippen molar-refractivity contribution in [1.82, 2.24) is 0 Å². The predicted molar refractivity (Wildman–Crippen MR) is 79.7 cm³/mol. The van der Waals surface area contributed by atoms with Crippen molar-refractivity contribution in [2.45, 2.75) is 39.3 Å². The summed E-state index contributed by atoms with van der Waals surface area (Å²) in [5.74, 6) is 0. The number of carbonyl (C=O) groups is 1. The molecule has 1 aromatic rings. The lowest BCUT2D eigenvalue weighted by Crippen LogP contribution is -2.58. The van der Waals surface area contributed by atoms with Crippen LogP contribution >= 0.6 is 0 Å². The van der Waals surface area contributed by atoms with Crippen molar-refractivity contribution in [1.29, 1.82) is 0 Å². The van der Waals surface area contributed by atoms with Gasteiger partial charge in [0.2, 0.25) is 0 Å². The van der Waals surface area contributed by atoms with E-state index in [4.69, 9.17) is 4.74 Å². The Balaban J connectivity index is 2.17. The van der Waals surface area contributed by atoms with Crippen molar-refractivity contribution in [2.24, 2.45) is 5.41 Å². The molecule has 0 aromatic heterocycles. The van der Waals surface area contributed by atoms with Crippen LogP contribution in [0.15, 0.2) is 18.2 Å². The first kappa shape index (κ1) is 15.4. The van der Waals surface area contributed by atoms with Gasteiger partial charge in [-0.2, -0.15) is 0 Å². The van der Waals surface area contributed by atoms with Gasteiger partial charge in [0.25, 0.3) is 5.69 Å². The number of ether oxygens (including phenoxy) is 1. The van der Waals surface area contributed by atoms with Crippen LogP contribution < -0.4 is 5.32 Å². The predicted octanol–water partition coefficient (Wildman–Crippen LogP) is 3.02. The second-order valence-electron chi connectivity index (χ2n) is 5.85. The number of nitrogens with one attached hydrogen (secondary N) is 1. The summed E-state index contributed by atoms with van der Waals surface area (Å²) in [6.45, 7) is 6.79. The normalized spacial score (nSPS) is 23.2. The fourth-order valence-corrected chi connectivity index (χ4v) is 2.70. The van der Waals surface area contributed by atoms with Crippen LogP contribution in [0.4, 0.5) is 11.4 Å². The minimum absolute atomic E-state index is 0.0738. The zero-order valence-electron chi connectivity index (χ0n) is 12.5. The van der Waals surface area contributed by atoms with Gasteiger partial charge in [0.1, 0.15) is 12.0 Å². The van der Waals surface area contributed by atoms with Gasteiger partial charge in [-0.05, 0) is 25.5 Å². The Morgan fingerprint density at radius 3 is 2.76 bits per heavy atom. The molecule has 0 spiro atoms. The summed E-state index contributed by atoms with van der Waals surface area (Å²) in [6, 6.07) is 4.57. The molecule has 114 valence electrons. The zero-order valence-corrected chi connectivity index (χ0v) is 12.5. The van der Waals surface area contributed by atoms with Gasteiger partial charge in [0.15, 0.2) is 0 Å². The summed E-state index contributed by atoms with van der Waals surface area (Å²) >= 11 is 0. The van der Waals surface area contributed by atoms with E-state index in [2.05, 4.69) is 19.2 Å². The lowest BCUT2D eigenvalue weighted by atomic mass is 9.64. The van der Waals surface area contributed by atoms with Crippen molar-refractivity contribution in [2.75, 3.05) is 11.9 Å². The number of nitro groups is 1. The minimum Gasteiger partial charge on any atom is -0.378 e. The van der Waals surface area contributed by atoms with Gasteiger partial charge < -0.3 is 10.1 Å². The van der Waals surface area contributed by atoms with E-state index in [0.29, 0.717) is 24.1 Å². The lowest BCUT2D eigenvalue weighted by Gasteiger charge is -2.51. The zero-order chi connectivity index (χ0) is 15.6. The number of nitrogens with zero attached hydrogens (tertiary/aromatic N) is 1. The Kier molecular flexibility index (Phi) is 4.27. The van der Waals surface area contributed by atoms with Crippen molar-refractivity contribution in [3.05, 3.63) is 33.9 Å². The summed E-state index contributed by atoms with van der Waals surface area (Å²) in [6.07, 6.45) is 1.58. The van der Waals surface area contributed by atoms with Gasteiger partial charge in [-0.1, -0.05) is 13.8 Å². The molecule has 2 atom stereocenters. The van der Waals surface area contributed by atoms with E-state index >= 15 is 0 Å². The van der Waals surface area contributed by atoms with E-state index in [1.807, 2.05) is 6.92 Å². The lowest BCUT2D eigenvalue weighted by molar-refractivity contribution is -0.384. The van der Waals surface area contributed by atoms with Crippen molar-refractivity contribution in [3.8, 4) is 0 Å². The summed E-state index contributed by atoms with van der Waals surface area (Å²) in [4.78, 5) is 21.4. The van der Waals surface area contributed by atoms with Crippen LogP contribution in [0.2, 0.25) is 0 Å². The van der Waals surface area contributed by atoms with Gasteiger partial charge in [-0.3, -0.25) is 14.9 Å². The third-order valence-electron chi connectivity index (χ3n) is 4.23. The topological polar surface area (TPSA) is 81.5 Å². The molecule has 0 saturated heterocycles. The summed E-state index contributed by atoms with van der Waals surface area (Å²) < 4.78 is 5.66. The highest BCUT2D eigenvalue weighted by Crippen LogP contribution is 2.45. The number of hydrogen-bond acceptors (Lipinski definition) is 5. The largest absolute Gasteiger partial charge is 0.378 e. The van der Waals surface area contributed by atoms with E-state index in [1.54, 1.807) is 12.1 Å². The van der Waals surface area contributed by atoms with Crippen LogP contribution in [-0.4, -0.2) is 30.0 Å². The molecular weight excluding hydrogens is 272 g/mol. The van der Waals surface area contributed by atoms with Crippen LogP contribution in [0, 0.1) is 15.5 Å². The molecule has 1 aromatic carbocycles. The van der Waals surface area contributed by atoms with Crippen LogP contribution in [0.1, 0.15) is 37.6 Å². The van der Waals surface area contributed by atoms with Gasteiger partial charge >= 0.3 is 0 Å². The number of carbonyl (C=O) groups excluding carboxylic acids is 1. The Morgan fingerprint density at radius 2 is 2.24 bits per heavy atom. The van der Waals surface area contributed by atoms with Crippen LogP contribution in [-0.2, 0) is 4.74 Å². The highest BCUT2D eigenvalue weighted by Gasteiger charge is 2.49. The minimum atomic E-state index is -0.471. The van der Waals surface area contributed by atoms with E-state index in [0.717, 1.165) is 6.42 Å². The first-order valence-corrected chi connectivity index (χ1v) is 7.02. The number of anilines is 1. The monoisotopic (exact) mass is 292 g/mol. The Labute approximate surface area is 123 Å². The smallest absolute Gasteiger partial charge is 0.293 e. The molecule has 1 N–H and O–H groups in total. The number of rotatable bonds is 6. The van der Waals surface area contributed by atoms with Crippen LogP contribution in [0.5, 0.6) is 0 Å². The Bertz CT molecular complexity index is 557. The molecule has 0 aliphatic heterocycles. The average molecular weight is 292 g/mol. The second-order valence-corrected chi connectivity index (χ2v) is 5.85. The van der Waals surface area contributed by atoms with E-state index in [1.165, 1.54) is 6.07 Å². The van der Waals surface area contributed by atoms with Crippen LogP contribution in [0.3, 0.4) is 0 Å². The molecule has 2 unspecified atom stereocenters. The molecular formula is C15H20N2O4. The standard InChI is InChI=1S/C15H20N2O4/c1-4-21-14-8-13(15(14,2)3)16-11-6-5-10(9-18)7-12(11)17(19)20/h5-7,9,13-14,16H,4,8H2,1-3H3. The molecule has 1 fully saturated rings. The molecule has 1 aliphatic rings. The Morgan fingerprint density at radius 1 is 1.52 bits per heavy atom. The third-order valence-corrected chi connectivity index (χ3v) is 4.23. The molecule has 6 heteroatoms. The van der Waals surface area contributed by atoms with Gasteiger partial charge in [0.05, 0.1) is 11.0 Å². The molecule has 0 radical (unpaired) electrons. The number of hydrogen-bond donors (Lipinski definition) is 1. The summed E-state index contributed by atoms with van der Waals surface area (Å²) in [7, 11) is 0.